The third kappa shape index (κ3) is 4.38. The molecule has 0 bridgehead atoms. The van der Waals surface area contributed by atoms with Crippen LogP contribution in [0.4, 0.5) is 0 Å². The first-order chi connectivity index (χ1) is 13.1. The number of allylic oxidation sites excluding steroid dienone is 8. The Morgan fingerprint density at radius 1 is 0.700 bits per heavy atom. The zero-order valence-electron chi connectivity index (χ0n) is 20.1. The van der Waals surface area contributed by atoms with Crippen LogP contribution in [0.15, 0.2) is 45.6 Å². The summed E-state index contributed by atoms with van der Waals surface area (Å²) in [6.07, 6.45) is 16.5. The molecule has 0 heterocycles. The second-order valence-electron chi connectivity index (χ2n) is 11.9. The van der Waals surface area contributed by atoms with E-state index in [0.717, 1.165) is 7.35 Å². The predicted octanol–water partition coefficient (Wildman–Crippen LogP) is 8.67. The van der Waals surface area contributed by atoms with Gasteiger partial charge in [-0.15, -0.1) is 24.8 Å². The molecule has 0 saturated carbocycles. The molecule has 0 saturated heterocycles. The quantitative estimate of drug-likeness (QED) is 0.272. The Balaban J connectivity index is 0.00000160. The van der Waals surface area contributed by atoms with E-state index in [1.807, 2.05) is 22.3 Å². The minimum Gasteiger partial charge on any atom is -0.147 e. The first-order valence-corrected chi connectivity index (χ1v) is 31.7. The fourth-order valence-corrected chi connectivity index (χ4v) is 37.8. The minimum absolute atomic E-state index is 0. The van der Waals surface area contributed by atoms with Gasteiger partial charge in [0.25, 0.3) is 0 Å². The van der Waals surface area contributed by atoms with E-state index in [4.69, 9.17) is 0 Å². The molecule has 30 heavy (non-hydrogen) atoms. The maximum atomic E-state index is 2.87. The van der Waals surface area contributed by atoms with E-state index in [0.29, 0.717) is 11.8 Å². The minimum atomic E-state index is -3.30. The number of hydrogen-bond donors (Lipinski definition) is 0. The second kappa shape index (κ2) is 9.47. The van der Waals surface area contributed by atoms with Gasteiger partial charge in [0.15, 0.2) is 0 Å². The first kappa shape index (κ1) is 26.9. The van der Waals surface area contributed by atoms with Crippen LogP contribution in [0, 0.1) is 11.8 Å². The summed E-state index contributed by atoms with van der Waals surface area (Å²) in [5, 5.41) is 0. The van der Waals surface area contributed by atoms with Gasteiger partial charge in [-0.2, -0.15) is 0 Å². The third-order valence-electron chi connectivity index (χ3n) is 8.38. The predicted molar refractivity (Wildman–Crippen MR) is 139 cm³/mol. The monoisotopic (exact) mass is 634 g/mol. The fraction of sp³-hybridized carbons (Fsp3) is 0.692. The van der Waals surface area contributed by atoms with E-state index >= 15 is 0 Å². The van der Waals surface area contributed by atoms with Gasteiger partial charge in [0.2, 0.25) is 0 Å². The maximum Gasteiger partial charge on any atom is -0.147 e. The van der Waals surface area contributed by atoms with Crippen LogP contribution in [-0.4, -0.2) is 6.94 Å². The van der Waals surface area contributed by atoms with Gasteiger partial charge in [-0.05, 0) is 0 Å². The Kier molecular flexibility index (Phi) is 8.49. The van der Waals surface area contributed by atoms with Crippen LogP contribution in [-0.2, 0) is 17.1 Å². The molecule has 0 aliphatic heterocycles. The van der Waals surface area contributed by atoms with Crippen LogP contribution in [0.5, 0.6) is 0 Å². The van der Waals surface area contributed by atoms with Gasteiger partial charge in [-0.3, -0.25) is 0 Å². The third-order valence-corrected chi connectivity index (χ3v) is 33.6. The van der Waals surface area contributed by atoms with Crippen LogP contribution in [0.25, 0.3) is 0 Å². The molecule has 0 aromatic heterocycles. The molecule has 2 unspecified atom stereocenters. The summed E-state index contributed by atoms with van der Waals surface area (Å²) >= 11 is -3.30. The van der Waals surface area contributed by atoms with Gasteiger partial charge in [0, 0.05) is 0 Å². The van der Waals surface area contributed by atoms with E-state index in [9.17, 15) is 0 Å². The second-order valence-corrected chi connectivity index (χ2v) is 55.4. The molecule has 4 aliphatic rings. The molecule has 0 N–H and O–H groups in total. The van der Waals surface area contributed by atoms with Crippen LogP contribution in [0.3, 0.4) is 0 Å². The molecule has 0 radical (unpaired) electrons. The summed E-state index contributed by atoms with van der Waals surface area (Å²) < 4.78 is 7.41. The Morgan fingerprint density at radius 2 is 1.03 bits per heavy atom. The van der Waals surface area contributed by atoms with Crippen LogP contribution in [0.2, 0.25) is 16.7 Å². The summed E-state index contributed by atoms with van der Waals surface area (Å²) in [7, 11) is 0. The van der Waals surface area contributed by atoms with E-state index < -0.39 is 17.1 Å². The van der Waals surface area contributed by atoms with Crippen molar-refractivity contribution in [2.75, 3.05) is 0 Å². The number of halogens is 2. The van der Waals surface area contributed by atoms with Crippen molar-refractivity contribution >= 4 is 31.8 Å². The smallest absolute Gasteiger partial charge is 0.147 e. The zero-order chi connectivity index (χ0) is 20.3. The van der Waals surface area contributed by atoms with Crippen molar-refractivity contribution in [3.8, 4) is 0 Å². The molecule has 4 rings (SSSR count). The molecule has 4 aliphatic carbocycles. The summed E-state index contributed by atoms with van der Waals surface area (Å²) in [5.74, 6) is 1.40. The van der Waals surface area contributed by atoms with Crippen LogP contribution >= 0.6 is 24.8 Å². The van der Waals surface area contributed by atoms with Gasteiger partial charge in [0.05, 0.1) is 0 Å². The molecular weight excluding hydrogens is 590 g/mol. The molecule has 0 spiro atoms. The Bertz CT molecular complexity index is 813. The largest absolute Gasteiger partial charge is 0.147 e. The van der Waals surface area contributed by atoms with Crippen molar-refractivity contribution in [3.05, 3.63) is 45.6 Å². The van der Waals surface area contributed by atoms with E-state index in [1.54, 1.807) is 11.1 Å². The molecular formula is C26H44Cl2HfSi. The number of rotatable bonds is 4. The Hall–Kier alpha value is 0.627. The molecule has 0 aromatic rings. The van der Waals surface area contributed by atoms with Crippen LogP contribution in [0.1, 0.15) is 79.1 Å². The molecule has 4 heteroatoms. The molecule has 0 fully saturated rings. The summed E-state index contributed by atoms with van der Waals surface area (Å²) in [4.78, 5) is 0. The molecule has 0 amide bonds. The topological polar surface area (TPSA) is 0 Å². The van der Waals surface area contributed by atoms with Crippen molar-refractivity contribution in [2.45, 2.75) is 95.8 Å². The molecule has 170 valence electrons. The van der Waals surface area contributed by atoms with Crippen molar-refractivity contribution in [3.63, 3.8) is 0 Å². The normalized spacial score (nSPS) is 26.8. The average molecular weight is 634 g/mol. The van der Waals surface area contributed by atoms with Gasteiger partial charge in [0.1, 0.15) is 0 Å². The Morgan fingerprint density at radius 3 is 1.37 bits per heavy atom. The maximum absolute atomic E-state index is 3.30. The zero-order valence-corrected chi connectivity index (χ0v) is 26.8. The SMILES string of the molecule is CC(C)C1=CC2=C(CCCC2)[CH]1[Hf]([CH3])([CH3])(=[SiH2])[CH]1C(C(C)C)=CC2=C1CCCC2.Cl.Cl. The first-order valence-electron chi connectivity index (χ1n) is 12.0. The summed E-state index contributed by atoms with van der Waals surface area (Å²) in [6.45, 7) is 12.4. The van der Waals surface area contributed by atoms with E-state index in [2.05, 4.69) is 56.1 Å². The van der Waals surface area contributed by atoms with Crippen molar-refractivity contribution in [1.29, 1.82) is 0 Å². The average Bonchev–Trinajstić information content (AvgIpc) is 3.21. The van der Waals surface area contributed by atoms with E-state index in [-0.39, 0.29) is 24.8 Å². The van der Waals surface area contributed by atoms with Crippen molar-refractivity contribution in [1.82, 2.24) is 0 Å². The summed E-state index contributed by atoms with van der Waals surface area (Å²) in [5.41, 5.74) is 11.0. The Labute approximate surface area is 200 Å². The van der Waals surface area contributed by atoms with Crippen LogP contribution < -0.4 is 0 Å². The summed E-state index contributed by atoms with van der Waals surface area (Å²) in [6, 6.07) is 0. The molecule has 0 nitrogen and oxygen atoms in total. The van der Waals surface area contributed by atoms with Gasteiger partial charge in [-0.25, -0.2) is 0 Å². The standard InChI is InChI=1S/2C12H17.2CH3.2ClH.Hf.H2Si/c2*1-9(2)12-7-10-5-3-4-6-11(10)8-12;;;;;;/h2*7-9H,3-6H2,1-2H3;2*1H3;2*1H;;1H2. The molecule has 2 atom stereocenters. The van der Waals surface area contributed by atoms with Crippen molar-refractivity contribution < 1.29 is 17.1 Å². The van der Waals surface area contributed by atoms with E-state index in [1.165, 1.54) is 51.4 Å². The molecule has 0 aromatic carbocycles. The number of hydrogen-bond acceptors (Lipinski definition) is 0. The van der Waals surface area contributed by atoms with Gasteiger partial charge >= 0.3 is 177 Å². The van der Waals surface area contributed by atoms with Gasteiger partial charge in [-0.1, -0.05) is 0 Å². The fourth-order valence-electron chi connectivity index (χ4n) is 7.27. The van der Waals surface area contributed by atoms with Gasteiger partial charge < -0.3 is 0 Å². The van der Waals surface area contributed by atoms with Crippen molar-refractivity contribution in [2.24, 2.45) is 11.8 Å².